The third-order valence-corrected chi connectivity index (χ3v) is 6.60. The minimum absolute atomic E-state index is 0.0482. The monoisotopic (exact) mass is 466 g/mol. The molecule has 2 aromatic rings. The summed E-state index contributed by atoms with van der Waals surface area (Å²) in [6.45, 7) is 3.80. The van der Waals surface area contributed by atoms with Crippen LogP contribution in [-0.4, -0.2) is 64.4 Å². The SMILES string of the molecule is CC(C)CC(NC(=O)OCC1c2ccccc2-c2ccccc21)C(=O)N1CCC(O)(C(=O)O)C1. The number of aliphatic hydroxyl groups is 1. The second kappa shape index (κ2) is 9.46. The van der Waals surface area contributed by atoms with Gasteiger partial charge in [-0.2, -0.15) is 0 Å². The smallest absolute Gasteiger partial charge is 0.407 e. The Kier molecular flexibility index (Phi) is 6.61. The van der Waals surface area contributed by atoms with Gasteiger partial charge in [-0.05, 0) is 34.6 Å². The molecule has 3 N–H and O–H groups in total. The van der Waals surface area contributed by atoms with E-state index in [0.717, 1.165) is 22.3 Å². The molecule has 1 saturated heterocycles. The molecular weight excluding hydrogens is 436 g/mol. The van der Waals surface area contributed by atoms with Crippen molar-refractivity contribution in [3.05, 3.63) is 59.7 Å². The Bertz CT molecular complexity index is 1050. The molecule has 4 rings (SSSR count). The van der Waals surface area contributed by atoms with Gasteiger partial charge in [-0.25, -0.2) is 9.59 Å². The Labute approximate surface area is 198 Å². The van der Waals surface area contributed by atoms with Crippen molar-refractivity contribution in [1.29, 1.82) is 0 Å². The molecule has 2 amide bonds. The second-order valence-corrected chi connectivity index (χ2v) is 9.50. The van der Waals surface area contributed by atoms with Crippen LogP contribution in [0.1, 0.15) is 43.7 Å². The van der Waals surface area contributed by atoms with E-state index in [1.54, 1.807) is 0 Å². The van der Waals surface area contributed by atoms with Gasteiger partial charge in [-0.3, -0.25) is 4.79 Å². The molecule has 0 saturated carbocycles. The van der Waals surface area contributed by atoms with Gasteiger partial charge in [0.25, 0.3) is 0 Å². The lowest BCUT2D eigenvalue weighted by Crippen LogP contribution is -2.50. The average molecular weight is 467 g/mol. The van der Waals surface area contributed by atoms with E-state index in [1.165, 1.54) is 4.90 Å². The van der Waals surface area contributed by atoms with Crippen LogP contribution < -0.4 is 5.32 Å². The van der Waals surface area contributed by atoms with E-state index in [1.807, 2.05) is 50.2 Å². The number of carboxylic acids is 1. The van der Waals surface area contributed by atoms with Gasteiger partial charge in [0.05, 0.1) is 6.54 Å². The highest BCUT2D eigenvalue weighted by Gasteiger charge is 2.46. The van der Waals surface area contributed by atoms with Gasteiger partial charge in [0.2, 0.25) is 5.91 Å². The van der Waals surface area contributed by atoms with E-state index in [4.69, 9.17) is 4.74 Å². The molecule has 1 fully saturated rings. The van der Waals surface area contributed by atoms with Crippen molar-refractivity contribution in [2.45, 2.75) is 44.2 Å². The molecule has 0 bridgehead atoms. The number of benzene rings is 2. The van der Waals surface area contributed by atoms with Gasteiger partial charge in [0.1, 0.15) is 12.6 Å². The summed E-state index contributed by atoms with van der Waals surface area (Å²) in [5.74, 6) is -1.77. The standard InChI is InChI=1S/C26H30N2O6/c1-16(2)13-22(23(29)28-12-11-26(33,15-28)24(30)31)27-25(32)34-14-21-19-9-5-3-7-17(19)18-8-4-6-10-20(18)21/h3-10,16,21-22,33H,11-15H2,1-2H3,(H,27,32)(H,30,31). The number of rotatable bonds is 7. The highest BCUT2D eigenvalue weighted by atomic mass is 16.5. The molecule has 0 aromatic heterocycles. The van der Waals surface area contributed by atoms with Crippen LogP contribution in [0.15, 0.2) is 48.5 Å². The number of hydrogen-bond donors (Lipinski definition) is 3. The van der Waals surface area contributed by atoms with E-state index < -0.39 is 29.6 Å². The van der Waals surface area contributed by atoms with Crippen LogP contribution >= 0.6 is 0 Å². The molecular formula is C26H30N2O6. The summed E-state index contributed by atoms with van der Waals surface area (Å²) in [6.07, 6.45) is -0.383. The largest absolute Gasteiger partial charge is 0.479 e. The van der Waals surface area contributed by atoms with Gasteiger partial charge in [-0.1, -0.05) is 62.4 Å². The number of carbonyl (C=O) groups excluding carboxylic acids is 2. The van der Waals surface area contributed by atoms with Crippen molar-refractivity contribution in [1.82, 2.24) is 10.2 Å². The lowest BCUT2D eigenvalue weighted by Gasteiger charge is -2.26. The summed E-state index contributed by atoms with van der Waals surface area (Å²) >= 11 is 0. The molecule has 180 valence electrons. The molecule has 2 unspecified atom stereocenters. The van der Waals surface area contributed by atoms with Crippen LogP contribution in [-0.2, 0) is 14.3 Å². The number of likely N-dealkylation sites (tertiary alicyclic amines) is 1. The Morgan fingerprint density at radius 3 is 2.21 bits per heavy atom. The number of nitrogens with zero attached hydrogens (tertiary/aromatic N) is 1. The van der Waals surface area contributed by atoms with Crippen molar-refractivity contribution in [3.8, 4) is 11.1 Å². The molecule has 1 aliphatic heterocycles. The summed E-state index contributed by atoms with van der Waals surface area (Å²) in [5.41, 5.74) is 2.48. The van der Waals surface area contributed by atoms with E-state index in [9.17, 15) is 24.6 Å². The highest BCUT2D eigenvalue weighted by molar-refractivity contribution is 5.88. The Hall–Kier alpha value is -3.39. The molecule has 1 heterocycles. The number of alkyl carbamates (subject to hydrolysis) is 1. The maximum atomic E-state index is 13.1. The first-order valence-electron chi connectivity index (χ1n) is 11.6. The Morgan fingerprint density at radius 2 is 1.68 bits per heavy atom. The third-order valence-electron chi connectivity index (χ3n) is 6.60. The zero-order valence-corrected chi connectivity index (χ0v) is 19.4. The van der Waals surface area contributed by atoms with E-state index in [2.05, 4.69) is 17.4 Å². The Morgan fingerprint density at radius 1 is 1.09 bits per heavy atom. The zero-order chi connectivity index (χ0) is 24.5. The number of aliphatic carboxylic acids is 1. The number of β-amino-alcohol motifs (C(OH)–C–C–N with tert-alkyl or cyclic N) is 1. The lowest BCUT2D eigenvalue weighted by molar-refractivity contribution is -0.157. The van der Waals surface area contributed by atoms with E-state index in [-0.39, 0.29) is 38.0 Å². The van der Waals surface area contributed by atoms with Gasteiger partial charge in [-0.15, -0.1) is 0 Å². The number of fused-ring (bicyclic) bond motifs is 3. The molecule has 1 aliphatic carbocycles. The van der Waals surface area contributed by atoms with Gasteiger partial charge >= 0.3 is 12.1 Å². The summed E-state index contributed by atoms with van der Waals surface area (Å²) in [5, 5.41) is 22.1. The molecule has 2 atom stereocenters. The normalized spacial score (nSPS) is 20.1. The summed E-state index contributed by atoms with van der Waals surface area (Å²) in [6, 6.07) is 15.2. The number of ether oxygens (including phenoxy) is 1. The van der Waals surface area contributed by atoms with Crippen molar-refractivity contribution in [3.63, 3.8) is 0 Å². The number of hydrogen-bond acceptors (Lipinski definition) is 5. The maximum Gasteiger partial charge on any atom is 0.407 e. The molecule has 8 heteroatoms. The van der Waals surface area contributed by atoms with Crippen LogP contribution in [0, 0.1) is 5.92 Å². The fourth-order valence-electron chi connectivity index (χ4n) is 4.85. The number of nitrogens with one attached hydrogen (secondary N) is 1. The van der Waals surface area contributed by atoms with Crippen LogP contribution in [0.3, 0.4) is 0 Å². The van der Waals surface area contributed by atoms with Crippen LogP contribution in [0.4, 0.5) is 4.79 Å². The van der Waals surface area contributed by atoms with Crippen molar-refractivity contribution >= 4 is 18.0 Å². The summed E-state index contributed by atoms with van der Waals surface area (Å²) in [7, 11) is 0. The molecule has 0 spiro atoms. The summed E-state index contributed by atoms with van der Waals surface area (Å²) < 4.78 is 5.58. The van der Waals surface area contributed by atoms with Gasteiger partial charge in [0, 0.05) is 18.9 Å². The van der Waals surface area contributed by atoms with Crippen LogP contribution in [0.2, 0.25) is 0 Å². The average Bonchev–Trinajstić information content (AvgIpc) is 3.36. The second-order valence-electron chi connectivity index (χ2n) is 9.50. The van der Waals surface area contributed by atoms with Gasteiger partial charge < -0.3 is 25.2 Å². The first-order chi connectivity index (χ1) is 16.2. The predicted octanol–water partition coefficient (Wildman–Crippen LogP) is 2.99. The predicted molar refractivity (Wildman–Crippen MR) is 125 cm³/mol. The minimum Gasteiger partial charge on any atom is -0.479 e. The van der Waals surface area contributed by atoms with Crippen molar-refractivity contribution in [2.24, 2.45) is 5.92 Å². The quantitative estimate of drug-likeness (QED) is 0.578. The zero-order valence-electron chi connectivity index (χ0n) is 19.4. The van der Waals surface area contributed by atoms with Crippen molar-refractivity contribution < 1.29 is 29.3 Å². The van der Waals surface area contributed by atoms with Crippen molar-refractivity contribution in [2.75, 3.05) is 19.7 Å². The fourth-order valence-corrected chi connectivity index (χ4v) is 4.85. The first kappa shape index (κ1) is 23.8. The number of amides is 2. The topological polar surface area (TPSA) is 116 Å². The molecule has 8 nitrogen and oxygen atoms in total. The molecule has 0 radical (unpaired) electrons. The fraction of sp³-hybridized carbons (Fsp3) is 0.423. The Balaban J connectivity index is 1.42. The first-order valence-corrected chi connectivity index (χ1v) is 11.6. The van der Waals surface area contributed by atoms with E-state index >= 15 is 0 Å². The third kappa shape index (κ3) is 4.63. The number of carbonyl (C=O) groups is 3. The lowest BCUT2D eigenvalue weighted by atomic mass is 9.98. The summed E-state index contributed by atoms with van der Waals surface area (Å²) in [4.78, 5) is 38.4. The van der Waals surface area contributed by atoms with E-state index in [0.29, 0.717) is 6.42 Å². The van der Waals surface area contributed by atoms with Crippen LogP contribution in [0.25, 0.3) is 11.1 Å². The maximum absolute atomic E-state index is 13.1. The molecule has 2 aromatic carbocycles. The molecule has 2 aliphatic rings. The van der Waals surface area contributed by atoms with Gasteiger partial charge in [0.15, 0.2) is 5.60 Å². The number of carboxylic acid groups (broad SMARTS) is 1. The minimum atomic E-state index is -1.96. The highest BCUT2D eigenvalue weighted by Crippen LogP contribution is 2.44. The molecule has 34 heavy (non-hydrogen) atoms. The van der Waals surface area contributed by atoms with Crippen LogP contribution in [0.5, 0.6) is 0 Å².